The number of thioether (sulfide) groups is 1. The number of carbonyl (C=O) groups is 2. The van der Waals surface area contributed by atoms with E-state index in [4.69, 9.17) is 16.7 Å². The van der Waals surface area contributed by atoms with Crippen LogP contribution in [-0.2, 0) is 6.54 Å². The fraction of sp³-hybridized carbons (Fsp3) is 0.176. The average Bonchev–Trinajstić information content (AvgIpc) is 3.30. The van der Waals surface area contributed by atoms with E-state index in [2.05, 4.69) is 18.1 Å². The molecule has 40 heavy (non-hydrogen) atoms. The lowest BCUT2D eigenvalue weighted by Gasteiger charge is -2.07. The first-order chi connectivity index (χ1) is 19.4. The lowest BCUT2D eigenvalue weighted by atomic mass is 9.97. The van der Waals surface area contributed by atoms with E-state index in [1.807, 2.05) is 91.9 Å². The lowest BCUT2D eigenvalue weighted by Crippen LogP contribution is -2.03. The number of carbonyl (C=O) groups excluding carboxylic acids is 2. The zero-order chi connectivity index (χ0) is 28.8. The summed E-state index contributed by atoms with van der Waals surface area (Å²) < 4.78 is 2.22. The van der Waals surface area contributed by atoms with Crippen molar-refractivity contribution in [2.75, 3.05) is 12.9 Å². The molecule has 0 unspecified atom stereocenters. The Morgan fingerprint density at radius 3 is 2.10 bits per heavy atom. The third kappa shape index (κ3) is 6.07. The maximum Gasteiger partial charge on any atom is 0.193 e. The molecule has 0 atom stereocenters. The van der Waals surface area contributed by atoms with Crippen LogP contribution < -0.4 is 0 Å². The Labute approximate surface area is 244 Å². The molecule has 5 rings (SSSR count). The number of aryl methyl sites for hydroxylation is 2. The Bertz CT molecular complexity index is 1700. The number of aromatic nitrogens is 1. The van der Waals surface area contributed by atoms with Gasteiger partial charge in [-0.25, -0.2) is 0 Å². The largest absolute Gasteiger partial charge is 0.400 e. The van der Waals surface area contributed by atoms with Crippen molar-refractivity contribution in [3.05, 3.63) is 124 Å². The molecule has 0 saturated carbocycles. The molecule has 0 bridgehead atoms. The number of Topliss-reactive ketones (excluding diaryl/α,β-unsaturated/α-hetero) is 1. The van der Waals surface area contributed by atoms with Crippen molar-refractivity contribution in [2.45, 2.75) is 31.7 Å². The Kier molecular flexibility index (Phi) is 9.64. The van der Waals surface area contributed by atoms with E-state index in [1.54, 1.807) is 11.8 Å². The van der Waals surface area contributed by atoms with Crippen LogP contribution >= 0.6 is 23.4 Å². The Balaban J connectivity index is 0.00000181. The molecule has 0 aliphatic carbocycles. The molecule has 4 nitrogen and oxygen atoms in total. The first-order valence-electron chi connectivity index (χ1n) is 13.1. The lowest BCUT2D eigenvalue weighted by molar-refractivity contribution is 0.102. The van der Waals surface area contributed by atoms with E-state index < -0.39 is 0 Å². The summed E-state index contributed by atoms with van der Waals surface area (Å²) in [6.45, 7) is 8.92. The molecule has 1 heterocycles. The summed E-state index contributed by atoms with van der Waals surface area (Å²) in [5.74, 6) is 0.711. The highest BCUT2D eigenvalue weighted by Gasteiger charge is 2.18. The van der Waals surface area contributed by atoms with Crippen molar-refractivity contribution in [3.63, 3.8) is 0 Å². The smallest absolute Gasteiger partial charge is 0.193 e. The standard InChI is InChI=1S/C33H28ClNO2S.CH4O/c1-4-35-30-15-9-23(32(36)22(3)17-18-38-26-13-11-25(34)12-14-26)19-28(30)29-20-24(10-16-31(29)35)33(37)27-8-6-5-7-21(27)2;1-2/h5-16,19-20H,3-4,17-18H2,1-2H3;2H,1H3. The van der Waals surface area contributed by atoms with E-state index in [0.29, 0.717) is 33.7 Å². The van der Waals surface area contributed by atoms with E-state index in [1.165, 1.54) is 0 Å². The minimum Gasteiger partial charge on any atom is -0.400 e. The van der Waals surface area contributed by atoms with Gasteiger partial charge in [0.25, 0.3) is 0 Å². The van der Waals surface area contributed by atoms with Gasteiger partial charge in [0.2, 0.25) is 0 Å². The van der Waals surface area contributed by atoms with Gasteiger partial charge in [0.1, 0.15) is 0 Å². The molecule has 1 N–H and O–H groups in total. The molecule has 204 valence electrons. The van der Waals surface area contributed by atoms with Gasteiger partial charge >= 0.3 is 0 Å². The van der Waals surface area contributed by atoms with E-state index in [-0.39, 0.29) is 11.6 Å². The van der Waals surface area contributed by atoms with Crippen LogP contribution in [0.4, 0.5) is 0 Å². The predicted molar refractivity (Wildman–Crippen MR) is 168 cm³/mol. The van der Waals surface area contributed by atoms with Crippen LogP contribution in [0.3, 0.4) is 0 Å². The molecule has 5 aromatic rings. The van der Waals surface area contributed by atoms with Gasteiger partial charge in [-0.05, 0) is 92.1 Å². The average molecular weight is 570 g/mol. The second-order valence-electron chi connectivity index (χ2n) is 9.34. The van der Waals surface area contributed by atoms with Crippen molar-refractivity contribution in [1.82, 2.24) is 4.57 Å². The van der Waals surface area contributed by atoms with Gasteiger partial charge < -0.3 is 9.67 Å². The SMILES string of the molecule is C=C(CCSc1ccc(Cl)cc1)C(=O)c1ccc2c(c1)c1cc(C(=O)c3ccccc3C)ccc1n2CC.CO. The maximum absolute atomic E-state index is 13.3. The molecule has 0 fully saturated rings. The van der Waals surface area contributed by atoms with Crippen LogP contribution in [0.25, 0.3) is 21.8 Å². The topological polar surface area (TPSA) is 59.3 Å². The predicted octanol–water partition coefficient (Wildman–Crippen LogP) is 8.54. The van der Waals surface area contributed by atoms with Gasteiger partial charge in [-0.3, -0.25) is 9.59 Å². The summed E-state index contributed by atoms with van der Waals surface area (Å²) in [6, 6.07) is 27.0. The number of ketones is 2. The summed E-state index contributed by atoms with van der Waals surface area (Å²) >= 11 is 7.64. The van der Waals surface area contributed by atoms with Crippen molar-refractivity contribution >= 4 is 56.7 Å². The molecule has 0 radical (unpaired) electrons. The molecule has 0 aliphatic rings. The second kappa shape index (κ2) is 13.1. The van der Waals surface area contributed by atoms with E-state index in [0.717, 1.165) is 51.7 Å². The zero-order valence-electron chi connectivity index (χ0n) is 22.9. The number of hydrogen-bond donors (Lipinski definition) is 1. The fourth-order valence-corrected chi connectivity index (χ4v) is 5.89. The third-order valence-electron chi connectivity index (χ3n) is 6.90. The van der Waals surface area contributed by atoms with Crippen molar-refractivity contribution in [3.8, 4) is 0 Å². The quantitative estimate of drug-likeness (QED) is 0.110. The number of aliphatic hydroxyl groups is 1. The highest BCUT2D eigenvalue weighted by molar-refractivity contribution is 7.99. The monoisotopic (exact) mass is 569 g/mol. The Hall–Kier alpha value is -3.64. The molecule has 6 heteroatoms. The molecular formula is C34H32ClNO3S. The minimum absolute atomic E-state index is 0.00111. The number of halogens is 1. The number of fused-ring (bicyclic) bond motifs is 3. The number of benzene rings is 4. The molecule has 0 saturated heterocycles. The summed E-state index contributed by atoms with van der Waals surface area (Å²) in [5.41, 5.74) is 5.59. The van der Waals surface area contributed by atoms with Crippen LogP contribution in [0.5, 0.6) is 0 Å². The van der Waals surface area contributed by atoms with Crippen LogP contribution in [0.2, 0.25) is 5.02 Å². The van der Waals surface area contributed by atoms with Gasteiger partial charge in [-0.1, -0.05) is 42.4 Å². The molecule has 1 aromatic heterocycles. The number of hydrogen-bond acceptors (Lipinski definition) is 4. The number of rotatable bonds is 9. The normalized spacial score (nSPS) is 10.8. The highest BCUT2D eigenvalue weighted by atomic mass is 35.5. The summed E-state index contributed by atoms with van der Waals surface area (Å²) in [7, 11) is 1.00. The van der Waals surface area contributed by atoms with Crippen molar-refractivity contribution < 1.29 is 14.7 Å². The molecule has 4 aromatic carbocycles. The molecule has 0 aliphatic heterocycles. The van der Waals surface area contributed by atoms with Gasteiger partial charge in [-0.15, -0.1) is 11.8 Å². The molecular weight excluding hydrogens is 538 g/mol. The van der Waals surface area contributed by atoms with Crippen LogP contribution in [0.1, 0.15) is 45.2 Å². The van der Waals surface area contributed by atoms with Gasteiger partial charge in [0.05, 0.1) is 0 Å². The Morgan fingerprint density at radius 2 is 1.48 bits per heavy atom. The number of allylic oxidation sites excluding steroid dienone is 1. The van der Waals surface area contributed by atoms with Crippen molar-refractivity contribution in [2.24, 2.45) is 0 Å². The summed E-state index contributed by atoms with van der Waals surface area (Å²) in [5, 5.41) is 9.65. The van der Waals surface area contributed by atoms with Gasteiger partial charge in [-0.2, -0.15) is 0 Å². The number of aliphatic hydroxyl groups excluding tert-OH is 1. The first kappa shape index (κ1) is 29.3. The Morgan fingerprint density at radius 1 is 0.875 bits per heavy atom. The van der Waals surface area contributed by atoms with E-state index in [9.17, 15) is 9.59 Å². The minimum atomic E-state index is -0.0480. The summed E-state index contributed by atoms with van der Waals surface area (Å²) in [6.07, 6.45) is 0.593. The van der Waals surface area contributed by atoms with Gasteiger partial charge in [0.15, 0.2) is 11.6 Å². The maximum atomic E-state index is 13.3. The van der Waals surface area contributed by atoms with Crippen LogP contribution in [0.15, 0.2) is 102 Å². The second-order valence-corrected chi connectivity index (χ2v) is 10.9. The summed E-state index contributed by atoms with van der Waals surface area (Å²) in [4.78, 5) is 27.7. The van der Waals surface area contributed by atoms with E-state index >= 15 is 0 Å². The van der Waals surface area contributed by atoms with Crippen molar-refractivity contribution in [1.29, 1.82) is 0 Å². The molecule has 0 spiro atoms. The fourth-order valence-electron chi connectivity index (χ4n) is 4.85. The highest BCUT2D eigenvalue weighted by Crippen LogP contribution is 2.32. The van der Waals surface area contributed by atoms with Gasteiger partial charge in [0, 0.05) is 67.8 Å². The van der Waals surface area contributed by atoms with Crippen LogP contribution in [0, 0.1) is 6.92 Å². The third-order valence-corrected chi connectivity index (χ3v) is 8.17. The first-order valence-corrected chi connectivity index (χ1v) is 14.5. The zero-order valence-corrected chi connectivity index (χ0v) is 24.5. The molecule has 0 amide bonds. The number of nitrogens with zero attached hydrogens (tertiary/aromatic N) is 1. The van der Waals surface area contributed by atoms with Crippen LogP contribution in [-0.4, -0.2) is 34.1 Å².